The van der Waals surface area contributed by atoms with E-state index in [0.29, 0.717) is 19.1 Å². The number of likely N-dealkylation sites (N-methyl/N-ethyl adjacent to an activating group) is 1. The summed E-state index contributed by atoms with van der Waals surface area (Å²) in [4.78, 5) is 16.9. The Kier molecular flexibility index (Phi) is 7.10. The Morgan fingerprint density at radius 2 is 2.10 bits per heavy atom. The number of nitrogens with zero attached hydrogens (tertiary/aromatic N) is 2. The van der Waals surface area contributed by atoms with E-state index in [1.165, 1.54) is 0 Å². The van der Waals surface area contributed by atoms with Gasteiger partial charge in [-0.15, -0.1) is 0 Å². The first-order valence-corrected chi connectivity index (χ1v) is 8.22. The number of hydrogen-bond donors (Lipinski definition) is 1. The van der Waals surface area contributed by atoms with Gasteiger partial charge in [0.15, 0.2) is 0 Å². The van der Waals surface area contributed by atoms with Crippen LogP contribution >= 0.6 is 0 Å². The Bertz CT molecular complexity index is 333. The van der Waals surface area contributed by atoms with Gasteiger partial charge in [0.1, 0.15) is 5.54 Å². The van der Waals surface area contributed by atoms with Gasteiger partial charge >= 0.3 is 5.97 Å². The maximum absolute atomic E-state index is 12.0. The summed E-state index contributed by atoms with van der Waals surface area (Å²) >= 11 is 0. The van der Waals surface area contributed by atoms with E-state index in [2.05, 4.69) is 30.7 Å². The summed E-state index contributed by atoms with van der Waals surface area (Å²) in [5.41, 5.74) is 5.28. The van der Waals surface area contributed by atoms with Crippen molar-refractivity contribution >= 4 is 5.97 Å². The lowest BCUT2D eigenvalue weighted by Crippen LogP contribution is -2.53. The molecule has 0 spiro atoms. The van der Waals surface area contributed by atoms with Crippen molar-refractivity contribution in [2.45, 2.75) is 64.6 Å². The Morgan fingerprint density at radius 3 is 2.67 bits per heavy atom. The quantitative estimate of drug-likeness (QED) is 0.753. The van der Waals surface area contributed by atoms with Crippen molar-refractivity contribution in [2.24, 2.45) is 5.73 Å². The first-order valence-electron chi connectivity index (χ1n) is 8.22. The minimum Gasteiger partial charge on any atom is -0.465 e. The molecule has 0 amide bonds. The summed E-state index contributed by atoms with van der Waals surface area (Å²) in [5.74, 6) is -0.295. The van der Waals surface area contributed by atoms with Gasteiger partial charge in [0, 0.05) is 18.6 Å². The first kappa shape index (κ1) is 18.4. The van der Waals surface area contributed by atoms with Crippen LogP contribution in [-0.4, -0.2) is 66.7 Å². The predicted octanol–water partition coefficient (Wildman–Crippen LogP) is 1.46. The second kappa shape index (κ2) is 8.11. The monoisotopic (exact) mass is 299 g/mol. The highest BCUT2D eigenvalue weighted by Gasteiger charge is 2.35. The van der Waals surface area contributed by atoms with Crippen LogP contribution < -0.4 is 5.73 Å². The molecule has 1 rings (SSSR count). The molecule has 1 aliphatic rings. The Morgan fingerprint density at radius 1 is 1.43 bits per heavy atom. The molecule has 0 bridgehead atoms. The highest BCUT2D eigenvalue weighted by Crippen LogP contribution is 2.21. The van der Waals surface area contributed by atoms with Crippen molar-refractivity contribution < 1.29 is 9.53 Å². The van der Waals surface area contributed by atoms with E-state index in [1.807, 2.05) is 6.92 Å². The molecule has 2 N–H and O–H groups in total. The average Bonchev–Trinajstić information content (AvgIpc) is 2.59. The molecule has 0 saturated carbocycles. The zero-order valence-corrected chi connectivity index (χ0v) is 14.4. The first-order chi connectivity index (χ1) is 9.81. The lowest BCUT2D eigenvalue weighted by atomic mass is 9.93. The van der Waals surface area contributed by atoms with E-state index < -0.39 is 5.54 Å². The van der Waals surface area contributed by atoms with Crippen LogP contribution in [0.25, 0.3) is 0 Å². The van der Waals surface area contributed by atoms with Crippen molar-refractivity contribution in [1.82, 2.24) is 9.80 Å². The van der Waals surface area contributed by atoms with Gasteiger partial charge in [-0.3, -0.25) is 9.69 Å². The van der Waals surface area contributed by atoms with Gasteiger partial charge in [0.25, 0.3) is 0 Å². The van der Waals surface area contributed by atoms with Crippen LogP contribution in [0.1, 0.15) is 47.0 Å². The van der Waals surface area contributed by atoms with Gasteiger partial charge in [0.2, 0.25) is 0 Å². The highest BCUT2D eigenvalue weighted by molar-refractivity contribution is 5.80. The topological polar surface area (TPSA) is 58.8 Å². The molecule has 0 aromatic rings. The van der Waals surface area contributed by atoms with Gasteiger partial charge in [-0.05, 0) is 60.2 Å². The zero-order valence-electron chi connectivity index (χ0n) is 14.4. The second-order valence-corrected chi connectivity index (χ2v) is 6.61. The molecule has 3 unspecified atom stereocenters. The van der Waals surface area contributed by atoms with Crippen LogP contribution in [0.3, 0.4) is 0 Å². The number of nitrogens with two attached hydrogens (primary N) is 1. The average molecular weight is 299 g/mol. The van der Waals surface area contributed by atoms with E-state index in [9.17, 15) is 4.79 Å². The fourth-order valence-electron chi connectivity index (χ4n) is 3.32. The molecule has 124 valence electrons. The lowest BCUT2D eigenvalue weighted by Gasteiger charge is -2.38. The molecule has 0 aromatic heterocycles. The molecule has 1 aliphatic heterocycles. The number of rotatable bonds is 6. The summed E-state index contributed by atoms with van der Waals surface area (Å²) in [6.07, 6.45) is 2.92. The van der Waals surface area contributed by atoms with Crippen molar-refractivity contribution in [3.05, 3.63) is 0 Å². The smallest absolute Gasteiger partial charge is 0.325 e. The van der Waals surface area contributed by atoms with E-state index in [1.54, 1.807) is 6.92 Å². The maximum atomic E-state index is 12.0. The van der Waals surface area contributed by atoms with Gasteiger partial charge in [-0.25, -0.2) is 0 Å². The minimum absolute atomic E-state index is 0.279. The summed E-state index contributed by atoms with van der Waals surface area (Å²) < 4.78 is 5.10. The molecule has 5 nitrogen and oxygen atoms in total. The maximum Gasteiger partial charge on any atom is 0.325 e. The highest BCUT2D eigenvalue weighted by atomic mass is 16.5. The fourth-order valence-corrected chi connectivity index (χ4v) is 3.32. The Balaban J connectivity index is 2.71. The molecule has 3 atom stereocenters. The van der Waals surface area contributed by atoms with Gasteiger partial charge in [0.05, 0.1) is 6.61 Å². The second-order valence-electron chi connectivity index (χ2n) is 6.61. The summed E-state index contributed by atoms with van der Waals surface area (Å²) in [7, 11) is 2.18. The normalized spacial score (nSPS) is 25.9. The number of esters is 1. The molecule has 21 heavy (non-hydrogen) atoms. The number of carbonyl (C=O) groups is 1. The molecular formula is C16H33N3O2. The predicted molar refractivity (Wildman–Crippen MR) is 86.2 cm³/mol. The third kappa shape index (κ3) is 5.24. The van der Waals surface area contributed by atoms with Crippen molar-refractivity contribution in [3.8, 4) is 0 Å². The fraction of sp³-hybridized carbons (Fsp3) is 0.938. The number of carbonyl (C=O) groups excluding carboxylic acids is 1. The van der Waals surface area contributed by atoms with Crippen LogP contribution in [0.4, 0.5) is 0 Å². The lowest BCUT2D eigenvalue weighted by molar-refractivity contribution is -0.149. The SMILES string of the molecule is CCOC(=O)C(C)(N)CC(C)N1CCCN(C)CC1CC. The van der Waals surface area contributed by atoms with Crippen LogP contribution in [0.15, 0.2) is 0 Å². The number of ether oxygens (including phenoxy) is 1. The Labute approximate surface area is 129 Å². The van der Waals surface area contributed by atoms with Crippen molar-refractivity contribution in [3.63, 3.8) is 0 Å². The van der Waals surface area contributed by atoms with Crippen molar-refractivity contribution in [2.75, 3.05) is 33.3 Å². The van der Waals surface area contributed by atoms with E-state index in [-0.39, 0.29) is 12.0 Å². The van der Waals surface area contributed by atoms with Crippen LogP contribution in [-0.2, 0) is 9.53 Å². The summed E-state index contributed by atoms with van der Waals surface area (Å²) in [6.45, 7) is 11.7. The Hall–Kier alpha value is -0.650. The zero-order chi connectivity index (χ0) is 16.0. The third-order valence-electron chi connectivity index (χ3n) is 4.45. The van der Waals surface area contributed by atoms with Crippen LogP contribution in [0.5, 0.6) is 0 Å². The van der Waals surface area contributed by atoms with Crippen LogP contribution in [0.2, 0.25) is 0 Å². The molecule has 1 heterocycles. The summed E-state index contributed by atoms with van der Waals surface area (Å²) in [6, 6.07) is 0.811. The molecule has 1 fully saturated rings. The molecule has 0 aliphatic carbocycles. The van der Waals surface area contributed by atoms with Gasteiger partial charge in [-0.1, -0.05) is 6.92 Å². The molecule has 0 aromatic carbocycles. The molecule has 5 heteroatoms. The third-order valence-corrected chi connectivity index (χ3v) is 4.45. The van der Waals surface area contributed by atoms with Gasteiger partial charge < -0.3 is 15.4 Å². The largest absolute Gasteiger partial charge is 0.465 e. The minimum atomic E-state index is -0.911. The standard InChI is InChI=1S/C16H33N3O2/c1-6-14-12-18(5)9-8-10-19(14)13(3)11-16(4,17)15(20)21-7-2/h13-14H,6-12,17H2,1-5H3. The molecule has 0 radical (unpaired) electrons. The molecule has 1 saturated heterocycles. The van der Waals surface area contributed by atoms with E-state index >= 15 is 0 Å². The van der Waals surface area contributed by atoms with E-state index in [4.69, 9.17) is 10.5 Å². The van der Waals surface area contributed by atoms with Gasteiger partial charge in [-0.2, -0.15) is 0 Å². The van der Waals surface area contributed by atoms with Crippen LogP contribution in [0, 0.1) is 0 Å². The summed E-state index contributed by atoms with van der Waals surface area (Å²) in [5, 5.41) is 0. The number of hydrogen-bond acceptors (Lipinski definition) is 5. The van der Waals surface area contributed by atoms with Crippen molar-refractivity contribution in [1.29, 1.82) is 0 Å². The molecular weight excluding hydrogens is 266 g/mol. The van der Waals surface area contributed by atoms with E-state index in [0.717, 1.165) is 32.5 Å².